The molecule has 1 aromatic carbocycles. The minimum atomic E-state index is -0.145. The number of carbonyl (C=O) groups is 2. The van der Waals surface area contributed by atoms with E-state index in [0.29, 0.717) is 17.3 Å². The number of rotatable bonds is 5. The second-order valence-electron chi connectivity index (χ2n) is 7.39. The minimum absolute atomic E-state index is 0.00100. The number of pyridine rings is 1. The molecule has 1 atom stereocenters. The third-order valence-corrected chi connectivity index (χ3v) is 6.28. The Morgan fingerprint density at radius 2 is 1.86 bits per heavy atom. The van der Waals surface area contributed by atoms with E-state index in [0.717, 1.165) is 16.5 Å². The molecule has 28 heavy (non-hydrogen) atoms. The smallest absolute Gasteiger partial charge is 0.251 e. The molecular weight excluding hydrogens is 372 g/mol. The molecule has 5 rings (SSSR count). The summed E-state index contributed by atoms with van der Waals surface area (Å²) in [4.78, 5) is 31.6. The van der Waals surface area contributed by atoms with E-state index in [-0.39, 0.29) is 17.9 Å². The second-order valence-corrected chi connectivity index (χ2v) is 8.48. The summed E-state index contributed by atoms with van der Waals surface area (Å²) in [6.45, 7) is 4.77. The SMILES string of the molecule is CC(=O)Nc1cccc(Sc2ccc(C(=O)NC3CN4CCC3CC4)cc2)n1. The fraction of sp³-hybridized carbons (Fsp3) is 0.381. The third kappa shape index (κ3) is 4.54. The first-order valence-electron chi connectivity index (χ1n) is 9.62. The number of anilines is 1. The fourth-order valence-corrected chi connectivity index (χ4v) is 4.70. The number of amides is 2. The predicted octanol–water partition coefficient (Wildman–Crippen LogP) is 3.02. The molecule has 0 radical (unpaired) electrons. The lowest BCUT2D eigenvalue weighted by atomic mass is 9.84. The molecule has 1 aromatic heterocycles. The van der Waals surface area contributed by atoms with Crippen LogP contribution in [-0.4, -0.2) is 47.4 Å². The number of nitrogens with zero attached hydrogens (tertiary/aromatic N) is 2. The maximum atomic E-state index is 12.6. The van der Waals surface area contributed by atoms with E-state index in [4.69, 9.17) is 0 Å². The van der Waals surface area contributed by atoms with Crippen LogP contribution in [0.5, 0.6) is 0 Å². The van der Waals surface area contributed by atoms with Crippen molar-refractivity contribution in [3.05, 3.63) is 48.0 Å². The zero-order valence-electron chi connectivity index (χ0n) is 15.9. The summed E-state index contributed by atoms with van der Waals surface area (Å²) < 4.78 is 0. The quantitative estimate of drug-likeness (QED) is 0.813. The van der Waals surface area contributed by atoms with Crippen molar-refractivity contribution in [2.24, 2.45) is 5.92 Å². The average molecular weight is 397 g/mol. The van der Waals surface area contributed by atoms with E-state index in [1.807, 2.05) is 36.4 Å². The Balaban J connectivity index is 1.37. The van der Waals surface area contributed by atoms with E-state index in [2.05, 4.69) is 20.5 Å². The summed E-state index contributed by atoms with van der Waals surface area (Å²) >= 11 is 1.49. The van der Waals surface area contributed by atoms with Crippen LogP contribution in [0.2, 0.25) is 0 Å². The lowest BCUT2D eigenvalue weighted by molar-refractivity contribution is -0.114. The van der Waals surface area contributed by atoms with Gasteiger partial charge in [0.25, 0.3) is 5.91 Å². The molecule has 3 aliphatic rings. The van der Waals surface area contributed by atoms with E-state index in [1.165, 1.54) is 44.6 Å². The van der Waals surface area contributed by atoms with Crippen LogP contribution in [0.4, 0.5) is 5.82 Å². The molecule has 2 amide bonds. The van der Waals surface area contributed by atoms with Crippen LogP contribution in [0.25, 0.3) is 0 Å². The molecule has 3 fully saturated rings. The normalized spacial score (nSPS) is 23.2. The first-order chi connectivity index (χ1) is 13.6. The van der Waals surface area contributed by atoms with Crippen molar-refractivity contribution in [2.45, 2.75) is 35.7 Å². The van der Waals surface area contributed by atoms with Crippen molar-refractivity contribution in [3.63, 3.8) is 0 Å². The Morgan fingerprint density at radius 3 is 2.50 bits per heavy atom. The van der Waals surface area contributed by atoms with Crippen molar-refractivity contribution in [1.29, 1.82) is 0 Å². The van der Waals surface area contributed by atoms with Crippen LogP contribution >= 0.6 is 11.8 Å². The number of piperidine rings is 3. The van der Waals surface area contributed by atoms with Crippen LogP contribution in [0.3, 0.4) is 0 Å². The van der Waals surface area contributed by atoms with Gasteiger partial charge in [-0.1, -0.05) is 17.8 Å². The largest absolute Gasteiger partial charge is 0.348 e. The molecule has 0 saturated carbocycles. The van der Waals surface area contributed by atoms with Gasteiger partial charge in [-0.3, -0.25) is 9.59 Å². The summed E-state index contributed by atoms with van der Waals surface area (Å²) in [7, 11) is 0. The molecule has 6 nitrogen and oxygen atoms in total. The van der Waals surface area contributed by atoms with Crippen molar-refractivity contribution in [1.82, 2.24) is 15.2 Å². The van der Waals surface area contributed by atoms with Gasteiger partial charge in [-0.15, -0.1) is 0 Å². The molecule has 146 valence electrons. The summed E-state index contributed by atoms with van der Waals surface area (Å²) in [5.41, 5.74) is 0.681. The molecule has 2 aromatic rings. The molecule has 3 aliphatic heterocycles. The maximum Gasteiger partial charge on any atom is 0.251 e. The highest BCUT2D eigenvalue weighted by Gasteiger charge is 2.34. The maximum absolute atomic E-state index is 12.6. The molecule has 7 heteroatoms. The highest BCUT2D eigenvalue weighted by molar-refractivity contribution is 7.99. The standard InChI is InChI=1S/C21H24N4O2S/c1-14(26)22-19-3-2-4-20(24-19)28-17-7-5-16(6-8-17)21(27)23-18-13-25-11-9-15(18)10-12-25/h2-8,15,18H,9-13H2,1H3,(H,23,27)(H,22,24,26). The van der Waals surface area contributed by atoms with E-state index in [1.54, 1.807) is 6.07 Å². The summed E-state index contributed by atoms with van der Waals surface area (Å²) in [5.74, 6) is 1.01. The van der Waals surface area contributed by atoms with Gasteiger partial charge in [0.15, 0.2) is 0 Å². The Hall–Kier alpha value is -2.38. The topological polar surface area (TPSA) is 74.3 Å². The first-order valence-corrected chi connectivity index (χ1v) is 10.4. The van der Waals surface area contributed by atoms with Gasteiger partial charge < -0.3 is 15.5 Å². The highest BCUT2D eigenvalue weighted by Crippen LogP contribution is 2.29. The Labute approximate surface area is 169 Å². The average Bonchev–Trinajstić information content (AvgIpc) is 2.69. The molecule has 0 spiro atoms. The number of nitrogens with one attached hydrogen (secondary N) is 2. The molecule has 2 N–H and O–H groups in total. The van der Waals surface area contributed by atoms with Crippen LogP contribution in [0.1, 0.15) is 30.1 Å². The lowest BCUT2D eigenvalue weighted by Crippen LogP contribution is -2.57. The summed E-state index contributed by atoms with van der Waals surface area (Å²) in [5, 5.41) is 6.69. The molecule has 4 heterocycles. The molecular formula is C21H24N4O2S. The molecule has 1 unspecified atom stereocenters. The van der Waals surface area contributed by atoms with Crippen LogP contribution in [0, 0.1) is 5.92 Å². The Morgan fingerprint density at radius 1 is 1.11 bits per heavy atom. The van der Waals surface area contributed by atoms with E-state index in [9.17, 15) is 9.59 Å². The van der Waals surface area contributed by atoms with Gasteiger partial charge in [0.2, 0.25) is 5.91 Å². The van der Waals surface area contributed by atoms with Gasteiger partial charge in [0, 0.05) is 30.0 Å². The Bertz CT molecular complexity index is 863. The van der Waals surface area contributed by atoms with Crippen molar-refractivity contribution in [2.75, 3.05) is 25.0 Å². The van der Waals surface area contributed by atoms with Gasteiger partial charge in [0.05, 0.1) is 0 Å². The van der Waals surface area contributed by atoms with Crippen molar-refractivity contribution >= 4 is 29.4 Å². The van der Waals surface area contributed by atoms with Gasteiger partial charge in [0.1, 0.15) is 10.8 Å². The zero-order valence-corrected chi connectivity index (χ0v) is 16.7. The van der Waals surface area contributed by atoms with Gasteiger partial charge in [-0.25, -0.2) is 4.98 Å². The molecule has 0 aliphatic carbocycles. The highest BCUT2D eigenvalue weighted by atomic mass is 32.2. The number of benzene rings is 1. The number of hydrogen-bond acceptors (Lipinski definition) is 5. The zero-order chi connectivity index (χ0) is 19.5. The van der Waals surface area contributed by atoms with E-state index >= 15 is 0 Å². The monoisotopic (exact) mass is 396 g/mol. The van der Waals surface area contributed by atoms with Crippen molar-refractivity contribution < 1.29 is 9.59 Å². The van der Waals surface area contributed by atoms with Gasteiger partial charge in [-0.2, -0.15) is 0 Å². The van der Waals surface area contributed by atoms with Crippen LogP contribution < -0.4 is 10.6 Å². The first kappa shape index (κ1) is 19.0. The molecule has 2 bridgehead atoms. The molecule has 3 saturated heterocycles. The number of fused-ring (bicyclic) bond motifs is 3. The lowest BCUT2D eigenvalue weighted by Gasteiger charge is -2.44. The third-order valence-electron chi connectivity index (χ3n) is 5.34. The fourth-order valence-electron chi connectivity index (χ4n) is 3.90. The minimum Gasteiger partial charge on any atom is -0.348 e. The number of aromatic nitrogens is 1. The predicted molar refractivity (Wildman–Crippen MR) is 110 cm³/mol. The number of carbonyl (C=O) groups excluding carboxylic acids is 2. The van der Waals surface area contributed by atoms with Crippen molar-refractivity contribution in [3.8, 4) is 0 Å². The number of hydrogen-bond donors (Lipinski definition) is 2. The van der Waals surface area contributed by atoms with Crippen LogP contribution in [-0.2, 0) is 4.79 Å². The van der Waals surface area contributed by atoms with Gasteiger partial charge >= 0.3 is 0 Å². The van der Waals surface area contributed by atoms with E-state index < -0.39 is 0 Å². The Kier molecular flexibility index (Phi) is 5.64. The second kappa shape index (κ2) is 8.32. The summed E-state index contributed by atoms with van der Waals surface area (Å²) in [6, 6.07) is 13.4. The van der Waals surface area contributed by atoms with Crippen LogP contribution in [0.15, 0.2) is 52.4 Å². The van der Waals surface area contributed by atoms with Gasteiger partial charge in [-0.05, 0) is 68.2 Å². The summed E-state index contributed by atoms with van der Waals surface area (Å²) in [6.07, 6.45) is 2.37.